The molecule has 0 bridgehead atoms. The summed E-state index contributed by atoms with van der Waals surface area (Å²) < 4.78 is 1.12. The van der Waals surface area contributed by atoms with Gasteiger partial charge in [0.1, 0.15) is 6.04 Å². The van der Waals surface area contributed by atoms with Crippen LogP contribution in [0.4, 0.5) is 5.69 Å². The number of amides is 3. The lowest BCUT2D eigenvalue weighted by atomic mass is 10.2. The Kier molecular flexibility index (Phi) is 7.02. The summed E-state index contributed by atoms with van der Waals surface area (Å²) in [4.78, 5) is 47.1. The number of benzene rings is 1. The van der Waals surface area contributed by atoms with Crippen LogP contribution in [0.25, 0.3) is 0 Å². The van der Waals surface area contributed by atoms with Gasteiger partial charge in [0.25, 0.3) is 11.5 Å². The topological polar surface area (TPSA) is 122 Å². The van der Waals surface area contributed by atoms with Crippen LogP contribution in [0.3, 0.4) is 0 Å². The van der Waals surface area contributed by atoms with Crippen molar-refractivity contribution in [3.8, 4) is 0 Å². The van der Waals surface area contributed by atoms with Crippen LogP contribution in [0.1, 0.15) is 35.9 Å². The van der Waals surface area contributed by atoms with Crippen molar-refractivity contribution in [1.82, 2.24) is 20.4 Å². The maximum atomic E-state index is 12.2. The van der Waals surface area contributed by atoms with Crippen molar-refractivity contribution in [2.24, 2.45) is 0 Å². The predicted molar refractivity (Wildman–Crippen MR) is 104 cm³/mol. The molecule has 0 saturated carbocycles. The standard InChI is InChI=1S/C19H23N5O4/c1-12-4-9-17(26)24(23-12)13(2)18(27)20-10-11-21-19(28)15-5-7-16(8-6-15)22-14(3)25/h4-9,13H,10-11H2,1-3H3,(H,20,27)(H,21,28)(H,22,25). The van der Waals surface area contributed by atoms with Crippen LogP contribution in [-0.4, -0.2) is 40.6 Å². The molecular formula is C19H23N5O4. The molecule has 9 nitrogen and oxygen atoms in total. The van der Waals surface area contributed by atoms with E-state index in [0.717, 1.165) is 4.68 Å². The van der Waals surface area contributed by atoms with Gasteiger partial charge in [-0.05, 0) is 44.2 Å². The number of rotatable bonds is 7. The van der Waals surface area contributed by atoms with Crippen molar-refractivity contribution in [1.29, 1.82) is 0 Å². The maximum Gasteiger partial charge on any atom is 0.267 e. The summed E-state index contributed by atoms with van der Waals surface area (Å²) in [6, 6.07) is 8.64. The Morgan fingerprint density at radius 1 is 1.04 bits per heavy atom. The molecule has 1 heterocycles. The molecule has 3 amide bonds. The highest BCUT2D eigenvalue weighted by Crippen LogP contribution is 2.09. The number of aromatic nitrogens is 2. The average molecular weight is 385 g/mol. The smallest absolute Gasteiger partial charge is 0.267 e. The van der Waals surface area contributed by atoms with E-state index in [4.69, 9.17) is 0 Å². The lowest BCUT2D eigenvalue weighted by molar-refractivity contribution is -0.124. The molecule has 1 aromatic heterocycles. The number of nitrogens with one attached hydrogen (secondary N) is 3. The Hall–Kier alpha value is -3.49. The molecule has 28 heavy (non-hydrogen) atoms. The van der Waals surface area contributed by atoms with Crippen LogP contribution in [0.15, 0.2) is 41.2 Å². The highest BCUT2D eigenvalue weighted by atomic mass is 16.2. The van der Waals surface area contributed by atoms with E-state index in [1.807, 2.05) is 0 Å². The van der Waals surface area contributed by atoms with Gasteiger partial charge in [0, 0.05) is 37.3 Å². The van der Waals surface area contributed by atoms with Crippen LogP contribution < -0.4 is 21.5 Å². The number of anilines is 1. The van der Waals surface area contributed by atoms with E-state index in [1.165, 1.54) is 13.0 Å². The van der Waals surface area contributed by atoms with Gasteiger partial charge in [-0.1, -0.05) is 0 Å². The van der Waals surface area contributed by atoms with Crippen molar-refractivity contribution < 1.29 is 14.4 Å². The van der Waals surface area contributed by atoms with Crippen LogP contribution >= 0.6 is 0 Å². The molecule has 148 valence electrons. The van der Waals surface area contributed by atoms with Gasteiger partial charge in [0.15, 0.2) is 0 Å². The third-order valence-corrected chi connectivity index (χ3v) is 3.88. The molecule has 1 atom stereocenters. The highest BCUT2D eigenvalue weighted by Gasteiger charge is 2.17. The van der Waals surface area contributed by atoms with E-state index < -0.39 is 6.04 Å². The zero-order valence-electron chi connectivity index (χ0n) is 16.0. The van der Waals surface area contributed by atoms with Gasteiger partial charge in [-0.3, -0.25) is 19.2 Å². The minimum Gasteiger partial charge on any atom is -0.352 e. The molecule has 1 aromatic carbocycles. The summed E-state index contributed by atoms with van der Waals surface area (Å²) in [5.74, 6) is -0.854. The van der Waals surface area contributed by atoms with Crippen LogP contribution in [0.5, 0.6) is 0 Å². The summed E-state index contributed by atoms with van der Waals surface area (Å²) in [5.41, 5.74) is 1.31. The van der Waals surface area contributed by atoms with Gasteiger partial charge >= 0.3 is 0 Å². The van der Waals surface area contributed by atoms with Crippen molar-refractivity contribution in [3.05, 3.63) is 58.0 Å². The molecule has 0 aliphatic rings. The van der Waals surface area contributed by atoms with E-state index in [-0.39, 0.29) is 36.4 Å². The molecule has 2 aromatic rings. The molecular weight excluding hydrogens is 362 g/mol. The Bertz CT molecular complexity index is 921. The fraction of sp³-hybridized carbons (Fsp3) is 0.316. The molecule has 0 spiro atoms. The first-order chi connectivity index (χ1) is 13.3. The Balaban J connectivity index is 1.80. The Morgan fingerprint density at radius 3 is 2.32 bits per heavy atom. The number of carbonyl (C=O) groups excluding carboxylic acids is 3. The van der Waals surface area contributed by atoms with Gasteiger partial charge in [0.2, 0.25) is 11.8 Å². The first-order valence-electron chi connectivity index (χ1n) is 8.78. The van der Waals surface area contributed by atoms with Crippen molar-refractivity contribution in [2.45, 2.75) is 26.8 Å². The molecule has 2 rings (SSSR count). The SMILES string of the molecule is CC(=O)Nc1ccc(C(=O)NCCNC(=O)C(C)n2nc(C)ccc2=O)cc1. The molecule has 9 heteroatoms. The summed E-state index contributed by atoms with van der Waals surface area (Å²) in [7, 11) is 0. The lowest BCUT2D eigenvalue weighted by Crippen LogP contribution is -2.40. The minimum absolute atomic E-state index is 0.190. The number of carbonyl (C=O) groups is 3. The highest BCUT2D eigenvalue weighted by molar-refractivity contribution is 5.95. The minimum atomic E-state index is -0.760. The van der Waals surface area contributed by atoms with Crippen LogP contribution in [0.2, 0.25) is 0 Å². The fourth-order valence-corrected chi connectivity index (χ4v) is 2.43. The number of nitrogens with zero attached hydrogens (tertiary/aromatic N) is 2. The second kappa shape index (κ2) is 9.45. The van der Waals surface area contributed by atoms with E-state index >= 15 is 0 Å². The lowest BCUT2D eigenvalue weighted by Gasteiger charge is -2.14. The zero-order valence-corrected chi connectivity index (χ0v) is 16.0. The van der Waals surface area contributed by atoms with Gasteiger partial charge < -0.3 is 16.0 Å². The predicted octanol–water partition coefficient (Wildman–Crippen LogP) is 0.617. The maximum absolute atomic E-state index is 12.2. The van der Waals surface area contributed by atoms with E-state index in [0.29, 0.717) is 16.9 Å². The summed E-state index contributed by atoms with van der Waals surface area (Å²) in [6.07, 6.45) is 0. The first kappa shape index (κ1) is 20.8. The van der Waals surface area contributed by atoms with Gasteiger partial charge in [-0.25, -0.2) is 4.68 Å². The Morgan fingerprint density at radius 2 is 1.68 bits per heavy atom. The molecule has 0 aliphatic carbocycles. The monoisotopic (exact) mass is 385 g/mol. The van der Waals surface area contributed by atoms with Gasteiger partial charge in [0.05, 0.1) is 5.69 Å². The molecule has 0 saturated heterocycles. The quantitative estimate of drug-likeness (QED) is 0.603. The van der Waals surface area contributed by atoms with Crippen LogP contribution in [-0.2, 0) is 9.59 Å². The molecule has 0 aliphatic heterocycles. The van der Waals surface area contributed by atoms with E-state index in [1.54, 1.807) is 44.2 Å². The van der Waals surface area contributed by atoms with E-state index in [2.05, 4.69) is 21.0 Å². The largest absolute Gasteiger partial charge is 0.352 e. The third-order valence-electron chi connectivity index (χ3n) is 3.88. The number of aryl methyl sites for hydroxylation is 1. The summed E-state index contributed by atoms with van der Waals surface area (Å²) in [5, 5.41) is 12.0. The number of hydrogen-bond acceptors (Lipinski definition) is 5. The molecule has 0 fully saturated rings. The third kappa shape index (κ3) is 5.76. The molecule has 1 unspecified atom stereocenters. The van der Waals surface area contributed by atoms with Crippen LogP contribution in [0, 0.1) is 6.92 Å². The molecule has 0 radical (unpaired) electrons. The Labute approximate surface area is 162 Å². The first-order valence-corrected chi connectivity index (χ1v) is 8.78. The second-order valence-corrected chi connectivity index (χ2v) is 6.24. The molecule has 3 N–H and O–H groups in total. The second-order valence-electron chi connectivity index (χ2n) is 6.24. The zero-order chi connectivity index (χ0) is 20.7. The summed E-state index contributed by atoms with van der Waals surface area (Å²) >= 11 is 0. The van der Waals surface area contributed by atoms with Crippen molar-refractivity contribution >= 4 is 23.4 Å². The van der Waals surface area contributed by atoms with Gasteiger partial charge in [-0.15, -0.1) is 0 Å². The number of hydrogen-bond donors (Lipinski definition) is 3. The summed E-state index contributed by atoms with van der Waals surface area (Å²) in [6.45, 7) is 5.15. The van der Waals surface area contributed by atoms with Gasteiger partial charge in [-0.2, -0.15) is 5.10 Å². The normalized spacial score (nSPS) is 11.4. The van der Waals surface area contributed by atoms with Crippen molar-refractivity contribution in [2.75, 3.05) is 18.4 Å². The van der Waals surface area contributed by atoms with E-state index in [9.17, 15) is 19.2 Å². The average Bonchev–Trinajstić information content (AvgIpc) is 2.66. The van der Waals surface area contributed by atoms with Crippen molar-refractivity contribution in [3.63, 3.8) is 0 Å². The fourth-order valence-electron chi connectivity index (χ4n) is 2.43.